The average molecular weight is 248 g/mol. The van der Waals surface area contributed by atoms with Gasteiger partial charge in [0, 0.05) is 32.9 Å². The Morgan fingerprint density at radius 3 is 2.78 bits per heavy atom. The normalized spacial score (nSPS) is 30.3. The molecule has 2 fully saturated rings. The van der Waals surface area contributed by atoms with Gasteiger partial charge in [0.2, 0.25) is 0 Å². The van der Waals surface area contributed by atoms with E-state index in [1.807, 2.05) is 17.9 Å². The van der Waals surface area contributed by atoms with Crippen LogP contribution in [-0.4, -0.2) is 52.6 Å². The van der Waals surface area contributed by atoms with Crippen molar-refractivity contribution in [3.8, 4) is 0 Å². The zero-order chi connectivity index (χ0) is 12.6. The minimum Gasteiger partial charge on any atom is -0.340 e. The molecule has 0 aliphatic carbocycles. The fourth-order valence-corrected chi connectivity index (χ4v) is 3.71. The van der Waals surface area contributed by atoms with Gasteiger partial charge in [-0.25, -0.2) is 4.98 Å². The minimum atomic E-state index is 0.571. The maximum Gasteiger partial charge on any atom is 0.0947 e. The molecule has 1 atom stereocenters. The molecule has 3 rings (SSSR count). The molecule has 0 amide bonds. The van der Waals surface area contributed by atoms with E-state index in [1.54, 1.807) is 0 Å². The monoisotopic (exact) mass is 248 g/mol. The SMILES string of the molecule is CN1CCC2(CCCN(Cc3cn(C)cn3)C2)C1. The van der Waals surface area contributed by atoms with Crippen LogP contribution in [0.4, 0.5) is 0 Å². The van der Waals surface area contributed by atoms with E-state index in [-0.39, 0.29) is 0 Å². The Morgan fingerprint density at radius 2 is 2.11 bits per heavy atom. The van der Waals surface area contributed by atoms with E-state index < -0.39 is 0 Å². The van der Waals surface area contributed by atoms with Crippen LogP contribution in [0.3, 0.4) is 0 Å². The lowest BCUT2D eigenvalue weighted by molar-refractivity contribution is 0.0891. The zero-order valence-corrected chi connectivity index (χ0v) is 11.6. The van der Waals surface area contributed by atoms with Crippen LogP contribution < -0.4 is 0 Å². The predicted octanol–water partition coefficient (Wildman–Crippen LogP) is 1.34. The summed E-state index contributed by atoms with van der Waals surface area (Å²) >= 11 is 0. The van der Waals surface area contributed by atoms with Crippen molar-refractivity contribution >= 4 is 0 Å². The first-order chi connectivity index (χ1) is 8.65. The third-order valence-electron chi connectivity index (χ3n) is 4.51. The van der Waals surface area contributed by atoms with Gasteiger partial charge < -0.3 is 9.47 Å². The highest BCUT2D eigenvalue weighted by Crippen LogP contribution is 2.38. The van der Waals surface area contributed by atoms with E-state index in [1.165, 1.54) is 51.1 Å². The number of likely N-dealkylation sites (tertiary alicyclic amines) is 2. The summed E-state index contributed by atoms with van der Waals surface area (Å²) in [7, 11) is 4.30. The topological polar surface area (TPSA) is 24.3 Å². The average Bonchev–Trinajstić information content (AvgIpc) is 2.87. The van der Waals surface area contributed by atoms with Crippen LogP contribution >= 0.6 is 0 Å². The van der Waals surface area contributed by atoms with E-state index in [4.69, 9.17) is 0 Å². The van der Waals surface area contributed by atoms with E-state index in [0.717, 1.165) is 6.54 Å². The van der Waals surface area contributed by atoms with Crippen molar-refractivity contribution in [2.45, 2.75) is 25.8 Å². The number of rotatable bonds is 2. The maximum atomic E-state index is 4.45. The standard InChI is InChI=1S/C14H24N4/c1-16-7-5-14(10-16)4-3-6-18(11-14)9-13-8-17(2)12-15-13/h8,12H,3-7,9-11H2,1-2H3. The molecule has 1 spiro atoms. The lowest BCUT2D eigenvalue weighted by atomic mass is 9.79. The molecule has 2 saturated heterocycles. The number of aromatic nitrogens is 2. The molecule has 0 radical (unpaired) electrons. The molecule has 18 heavy (non-hydrogen) atoms. The number of aryl methyl sites for hydroxylation is 1. The van der Waals surface area contributed by atoms with Crippen LogP contribution in [-0.2, 0) is 13.6 Å². The third kappa shape index (κ3) is 2.45. The molecule has 4 nitrogen and oxygen atoms in total. The van der Waals surface area contributed by atoms with Crippen molar-refractivity contribution in [2.24, 2.45) is 12.5 Å². The summed E-state index contributed by atoms with van der Waals surface area (Å²) < 4.78 is 2.04. The van der Waals surface area contributed by atoms with Crippen LogP contribution in [0.15, 0.2) is 12.5 Å². The van der Waals surface area contributed by atoms with Gasteiger partial charge in [-0.1, -0.05) is 0 Å². The Balaban J connectivity index is 1.64. The van der Waals surface area contributed by atoms with Gasteiger partial charge in [-0.05, 0) is 44.8 Å². The molecular formula is C14H24N4. The summed E-state index contributed by atoms with van der Waals surface area (Å²) in [6.07, 6.45) is 8.18. The summed E-state index contributed by atoms with van der Waals surface area (Å²) in [5.41, 5.74) is 1.78. The van der Waals surface area contributed by atoms with Gasteiger partial charge in [0.15, 0.2) is 0 Å². The summed E-state index contributed by atoms with van der Waals surface area (Å²) in [6.45, 7) is 6.07. The first kappa shape index (κ1) is 12.2. The quantitative estimate of drug-likeness (QED) is 0.789. The Morgan fingerprint density at radius 1 is 1.22 bits per heavy atom. The van der Waals surface area contributed by atoms with Crippen LogP contribution in [0.25, 0.3) is 0 Å². The van der Waals surface area contributed by atoms with Crippen LogP contribution in [0.2, 0.25) is 0 Å². The first-order valence-electron chi connectivity index (χ1n) is 7.03. The number of hydrogen-bond donors (Lipinski definition) is 0. The molecule has 1 aromatic rings. The number of nitrogens with zero attached hydrogens (tertiary/aromatic N) is 4. The maximum absolute atomic E-state index is 4.45. The molecule has 3 heterocycles. The van der Waals surface area contributed by atoms with Crippen LogP contribution in [0.1, 0.15) is 25.0 Å². The van der Waals surface area contributed by atoms with Gasteiger partial charge in [-0.3, -0.25) is 4.90 Å². The second-order valence-electron chi connectivity index (χ2n) is 6.33. The number of imidazole rings is 1. The summed E-state index contributed by atoms with van der Waals surface area (Å²) in [6, 6.07) is 0. The summed E-state index contributed by atoms with van der Waals surface area (Å²) in [4.78, 5) is 9.54. The van der Waals surface area contributed by atoms with Gasteiger partial charge in [0.1, 0.15) is 0 Å². The van der Waals surface area contributed by atoms with E-state index >= 15 is 0 Å². The highest BCUT2D eigenvalue weighted by atomic mass is 15.2. The van der Waals surface area contributed by atoms with E-state index in [9.17, 15) is 0 Å². The highest BCUT2D eigenvalue weighted by Gasteiger charge is 2.40. The third-order valence-corrected chi connectivity index (χ3v) is 4.51. The zero-order valence-electron chi connectivity index (χ0n) is 11.6. The summed E-state index contributed by atoms with van der Waals surface area (Å²) in [5.74, 6) is 0. The minimum absolute atomic E-state index is 0.571. The molecular weight excluding hydrogens is 224 g/mol. The molecule has 1 aromatic heterocycles. The summed E-state index contributed by atoms with van der Waals surface area (Å²) in [5, 5.41) is 0. The Kier molecular flexibility index (Phi) is 3.16. The smallest absolute Gasteiger partial charge is 0.0947 e. The molecule has 1 unspecified atom stereocenters. The molecule has 4 heteroatoms. The number of hydrogen-bond acceptors (Lipinski definition) is 3. The fourth-order valence-electron chi connectivity index (χ4n) is 3.71. The van der Waals surface area contributed by atoms with Gasteiger partial charge in [-0.15, -0.1) is 0 Å². The van der Waals surface area contributed by atoms with Crippen molar-refractivity contribution < 1.29 is 0 Å². The van der Waals surface area contributed by atoms with Gasteiger partial charge in [-0.2, -0.15) is 0 Å². The second-order valence-corrected chi connectivity index (χ2v) is 6.33. The van der Waals surface area contributed by atoms with Crippen molar-refractivity contribution in [3.63, 3.8) is 0 Å². The second kappa shape index (κ2) is 4.67. The molecule has 2 aliphatic rings. The first-order valence-corrected chi connectivity index (χ1v) is 7.03. The molecule has 0 aromatic carbocycles. The van der Waals surface area contributed by atoms with E-state index in [0.29, 0.717) is 5.41 Å². The van der Waals surface area contributed by atoms with Crippen LogP contribution in [0.5, 0.6) is 0 Å². The molecule has 0 bridgehead atoms. The van der Waals surface area contributed by atoms with Crippen molar-refractivity contribution in [1.82, 2.24) is 19.4 Å². The lowest BCUT2D eigenvalue weighted by Gasteiger charge is -2.40. The largest absolute Gasteiger partial charge is 0.340 e. The van der Waals surface area contributed by atoms with Crippen molar-refractivity contribution in [1.29, 1.82) is 0 Å². The van der Waals surface area contributed by atoms with Gasteiger partial charge >= 0.3 is 0 Å². The van der Waals surface area contributed by atoms with Crippen molar-refractivity contribution in [3.05, 3.63) is 18.2 Å². The van der Waals surface area contributed by atoms with Crippen molar-refractivity contribution in [2.75, 3.05) is 33.2 Å². The lowest BCUT2D eigenvalue weighted by Crippen LogP contribution is -2.44. The number of piperidine rings is 1. The van der Waals surface area contributed by atoms with Gasteiger partial charge in [0.05, 0.1) is 12.0 Å². The Labute approximate surface area is 110 Å². The van der Waals surface area contributed by atoms with E-state index in [2.05, 4.69) is 28.0 Å². The highest BCUT2D eigenvalue weighted by molar-refractivity contribution is 4.99. The predicted molar refractivity (Wildman–Crippen MR) is 72.3 cm³/mol. The Bertz CT molecular complexity index is 410. The molecule has 0 saturated carbocycles. The fraction of sp³-hybridized carbons (Fsp3) is 0.786. The van der Waals surface area contributed by atoms with Crippen LogP contribution in [0, 0.1) is 5.41 Å². The molecule has 0 N–H and O–H groups in total. The van der Waals surface area contributed by atoms with Gasteiger partial charge in [0.25, 0.3) is 0 Å². The molecule has 2 aliphatic heterocycles. The molecule has 100 valence electrons. The Hall–Kier alpha value is -0.870.